The molecule has 0 aliphatic heterocycles. The van der Waals surface area contributed by atoms with Gasteiger partial charge in [0.25, 0.3) is 5.91 Å². The number of carbonyl (C=O) groups is 1. The third kappa shape index (κ3) is 2.80. The normalized spacial score (nSPS) is 21.9. The minimum Gasteiger partial charge on any atom is -0.508 e. The van der Waals surface area contributed by atoms with Crippen LogP contribution in [-0.4, -0.2) is 35.0 Å². The maximum atomic E-state index is 12.7. The topological polar surface area (TPSA) is 66.6 Å². The van der Waals surface area contributed by atoms with E-state index in [0.717, 1.165) is 24.8 Å². The quantitative estimate of drug-likeness (QED) is 0.886. The number of amides is 1. The van der Waals surface area contributed by atoms with Crippen LogP contribution >= 0.6 is 0 Å². The van der Waals surface area contributed by atoms with E-state index in [2.05, 4.69) is 0 Å². The van der Waals surface area contributed by atoms with Crippen LogP contribution in [0.5, 0.6) is 5.75 Å². The molecule has 1 aromatic rings. The first-order valence-electron chi connectivity index (χ1n) is 7.39. The van der Waals surface area contributed by atoms with E-state index in [-0.39, 0.29) is 17.7 Å². The highest BCUT2D eigenvalue weighted by Crippen LogP contribution is 2.30. The highest BCUT2D eigenvalue weighted by molar-refractivity contribution is 5.95. The fourth-order valence-corrected chi connectivity index (χ4v) is 3.14. The molecule has 0 saturated heterocycles. The zero-order chi connectivity index (χ0) is 14.7. The zero-order valence-electron chi connectivity index (χ0n) is 12.3. The van der Waals surface area contributed by atoms with Crippen molar-refractivity contribution in [1.29, 1.82) is 0 Å². The van der Waals surface area contributed by atoms with Gasteiger partial charge in [0.15, 0.2) is 0 Å². The number of aromatic hydroxyl groups is 1. The average Bonchev–Trinajstić information content (AvgIpc) is 2.91. The van der Waals surface area contributed by atoms with Gasteiger partial charge in [0, 0.05) is 18.2 Å². The molecule has 0 bridgehead atoms. The Kier molecular flexibility index (Phi) is 4.65. The second-order valence-corrected chi connectivity index (χ2v) is 5.59. The number of aryl methyl sites for hydroxylation is 1. The van der Waals surface area contributed by atoms with Gasteiger partial charge in [-0.15, -0.1) is 0 Å². The van der Waals surface area contributed by atoms with Crippen LogP contribution in [0.15, 0.2) is 18.2 Å². The molecular formula is C16H24N2O2. The fraction of sp³-hybridized carbons (Fsp3) is 0.562. The summed E-state index contributed by atoms with van der Waals surface area (Å²) in [5.74, 6) is 0.569. The highest BCUT2D eigenvalue weighted by atomic mass is 16.3. The Morgan fingerprint density at radius 2 is 2.20 bits per heavy atom. The van der Waals surface area contributed by atoms with Crippen molar-refractivity contribution >= 4 is 5.91 Å². The van der Waals surface area contributed by atoms with Gasteiger partial charge in [-0.05, 0) is 56.8 Å². The minimum atomic E-state index is -0.00634. The van der Waals surface area contributed by atoms with Gasteiger partial charge in [-0.1, -0.05) is 12.5 Å². The molecule has 1 aliphatic carbocycles. The Morgan fingerprint density at radius 3 is 2.80 bits per heavy atom. The Bertz CT molecular complexity index is 487. The van der Waals surface area contributed by atoms with Crippen LogP contribution in [0.2, 0.25) is 0 Å². The molecule has 4 nitrogen and oxygen atoms in total. The number of carbonyl (C=O) groups excluding carboxylic acids is 1. The van der Waals surface area contributed by atoms with Crippen LogP contribution in [0.25, 0.3) is 0 Å². The molecule has 1 amide bonds. The van der Waals surface area contributed by atoms with E-state index in [1.807, 2.05) is 18.7 Å². The van der Waals surface area contributed by atoms with E-state index in [1.54, 1.807) is 18.2 Å². The molecule has 20 heavy (non-hydrogen) atoms. The monoisotopic (exact) mass is 276 g/mol. The SMILES string of the molecule is CCN(C(=O)c1ccc(C)c(O)c1)C1CCCC1CN. The summed E-state index contributed by atoms with van der Waals surface area (Å²) in [5, 5.41) is 9.78. The molecule has 0 radical (unpaired) electrons. The van der Waals surface area contributed by atoms with Gasteiger partial charge in [-0.3, -0.25) is 4.79 Å². The summed E-state index contributed by atoms with van der Waals surface area (Å²) in [6.45, 7) is 5.13. The Balaban J connectivity index is 2.22. The van der Waals surface area contributed by atoms with Crippen LogP contribution in [-0.2, 0) is 0 Å². The lowest BCUT2D eigenvalue weighted by Gasteiger charge is -2.32. The second-order valence-electron chi connectivity index (χ2n) is 5.59. The third-order valence-corrected chi connectivity index (χ3v) is 4.38. The first kappa shape index (κ1) is 14.9. The molecule has 110 valence electrons. The van der Waals surface area contributed by atoms with Crippen molar-refractivity contribution in [2.24, 2.45) is 11.7 Å². The molecule has 1 saturated carbocycles. The van der Waals surface area contributed by atoms with Crippen molar-refractivity contribution in [3.8, 4) is 5.75 Å². The van der Waals surface area contributed by atoms with Gasteiger partial charge in [0.2, 0.25) is 0 Å². The van der Waals surface area contributed by atoms with Gasteiger partial charge in [0.1, 0.15) is 5.75 Å². The van der Waals surface area contributed by atoms with Crippen LogP contribution in [0.1, 0.15) is 42.1 Å². The van der Waals surface area contributed by atoms with Crippen molar-refractivity contribution in [2.75, 3.05) is 13.1 Å². The molecule has 2 rings (SSSR count). The van der Waals surface area contributed by atoms with Crippen LogP contribution in [0.3, 0.4) is 0 Å². The first-order chi connectivity index (χ1) is 9.58. The van der Waals surface area contributed by atoms with Gasteiger partial charge in [-0.2, -0.15) is 0 Å². The molecule has 3 N–H and O–H groups in total. The van der Waals surface area contributed by atoms with Gasteiger partial charge in [-0.25, -0.2) is 0 Å². The molecule has 0 heterocycles. The molecular weight excluding hydrogens is 252 g/mol. The van der Waals surface area contributed by atoms with Crippen LogP contribution in [0.4, 0.5) is 0 Å². The molecule has 0 aromatic heterocycles. The highest BCUT2D eigenvalue weighted by Gasteiger charge is 2.33. The lowest BCUT2D eigenvalue weighted by Crippen LogP contribution is -2.44. The summed E-state index contributed by atoms with van der Waals surface area (Å²) in [4.78, 5) is 14.6. The van der Waals surface area contributed by atoms with Gasteiger partial charge >= 0.3 is 0 Å². The molecule has 4 heteroatoms. The lowest BCUT2D eigenvalue weighted by atomic mass is 10.0. The number of hydrogen-bond acceptors (Lipinski definition) is 3. The number of hydrogen-bond donors (Lipinski definition) is 2. The van der Waals surface area contributed by atoms with Crippen molar-refractivity contribution in [3.63, 3.8) is 0 Å². The maximum absolute atomic E-state index is 12.7. The molecule has 1 fully saturated rings. The Hall–Kier alpha value is -1.55. The van der Waals surface area contributed by atoms with Gasteiger partial charge < -0.3 is 15.7 Å². The first-order valence-corrected chi connectivity index (χ1v) is 7.39. The van der Waals surface area contributed by atoms with E-state index in [9.17, 15) is 9.90 Å². The van der Waals surface area contributed by atoms with Crippen molar-refractivity contribution in [1.82, 2.24) is 4.90 Å². The van der Waals surface area contributed by atoms with E-state index in [4.69, 9.17) is 5.73 Å². The average molecular weight is 276 g/mol. The summed E-state index contributed by atoms with van der Waals surface area (Å²) in [7, 11) is 0. The molecule has 0 spiro atoms. The molecule has 2 atom stereocenters. The van der Waals surface area contributed by atoms with Crippen molar-refractivity contribution in [3.05, 3.63) is 29.3 Å². The molecule has 1 aromatic carbocycles. The van der Waals surface area contributed by atoms with Crippen LogP contribution < -0.4 is 5.73 Å². The molecule has 1 aliphatic rings. The third-order valence-electron chi connectivity index (χ3n) is 4.38. The lowest BCUT2D eigenvalue weighted by molar-refractivity contribution is 0.0651. The van der Waals surface area contributed by atoms with Gasteiger partial charge in [0.05, 0.1) is 0 Å². The van der Waals surface area contributed by atoms with Crippen molar-refractivity contribution in [2.45, 2.75) is 39.2 Å². The van der Waals surface area contributed by atoms with E-state index in [0.29, 0.717) is 24.6 Å². The minimum absolute atomic E-state index is 0.00634. The number of nitrogens with zero attached hydrogens (tertiary/aromatic N) is 1. The largest absolute Gasteiger partial charge is 0.508 e. The number of phenols is 1. The molecule has 2 unspecified atom stereocenters. The predicted octanol–water partition coefficient (Wildman–Crippen LogP) is 2.29. The summed E-state index contributed by atoms with van der Waals surface area (Å²) in [6, 6.07) is 5.37. The maximum Gasteiger partial charge on any atom is 0.254 e. The smallest absolute Gasteiger partial charge is 0.254 e. The second kappa shape index (κ2) is 6.27. The van der Waals surface area contributed by atoms with E-state index < -0.39 is 0 Å². The number of nitrogens with two attached hydrogens (primary N) is 1. The fourth-order valence-electron chi connectivity index (χ4n) is 3.14. The van der Waals surface area contributed by atoms with Crippen molar-refractivity contribution < 1.29 is 9.90 Å². The Morgan fingerprint density at radius 1 is 1.45 bits per heavy atom. The number of rotatable bonds is 4. The Labute approximate surface area is 120 Å². The summed E-state index contributed by atoms with van der Waals surface area (Å²) >= 11 is 0. The predicted molar refractivity (Wildman–Crippen MR) is 79.7 cm³/mol. The zero-order valence-corrected chi connectivity index (χ0v) is 12.3. The number of phenolic OH excluding ortho intramolecular Hbond substituents is 1. The van der Waals surface area contributed by atoms with E-state index >= 15 is 0 Å². The summed E-state index contributed by atoms with van der Waals surface area (Å²) < 4.78 is 0. The summed E-state index contributed by atoms with van der Waals surface area (Å²) in [5.41, 5.74) is 7.16. The van der Waals surface area contributed by atoms with E-state index in [1.165, 1.54) is 0 Å². The number of benzene rings is 1. The standard InChI is InChI=1S/C16H24N2O2/c1-3-18(14-6-4-5-13(14)10-17)16(20)12-8-7-11(2)15(19)9-12/h7-9,13-14,19H,3-6,10,17H2,1-2H3. The summed E-state index contributed by atoms with van der Waals surface area (Å²) in [6.07, 6.45) is 3.26. The van der Waals surface area contributed by atoms with Crippen LogP contribution in [0, 0.1) is 12.8 Å².